The molecule has 1 aromatic carbocycles. The van der Waals surface area contributed by atoms with Crippen molar-refractivity contribution in [1.29, 1.82) is 0 Å². The van der Waals surface area contributed by atoms with Crippen molar-refractivity contribution in [3.8, 4) is 0 Å². The summed E-state index contributed by atoms with van der Waals surface area (Å²) in [6.07, 6.45) is 1.98. The van der Waals surface area contributed by atoms with E-state index in [1.54, 1.807) is 24.5 Å². The molecule has 6 heteroatoms. The highest BCUT2D eigenvalue weighted by atomic mass is 32.1. The number of amides is 2. The van der Waals surface area contributed by atoms with Crippen molar-refractivity contribution in [2.45, 2.75) is 19.0 Å². The lowest BCUT2D eigenvalue weighted by atomic mass is 10.1. The first-order valence-corrected chi connectivity index (χ1v) is 8.79. The molecule has 25 heavy (non-hydrogen) atoms. The van der Waals surface area contributed by atoms with Crippen molar-refractivity contribution in [2.24, 2.45) is 0 Å². The molecule has 0 radical (unpaired) electrons. The fourth-order valence-electron chi connectivity index (χ4n) is 2.41. The van der Waals surface area contributed by atoms with Crippen molar-refractivity contribution in [1.82, 2.24) is 10.6 Å². The summed E-state index contributed by atoms with van der Waals surface area (Å²) in [5.74, 6) is 0.172. The number of hydrogen-bond donors (Lipinski definition) is 2. The van der Waals surface area contributed by atoms with Crippen molar-refractivity contribution in [2.75, 3.05) is 0 Å². The summed E-state index contributed by atoms with van der Waals surface area (Å²) >= 11 is 1.34. The van der Waals surface area contributed by atoms with Gasteiger partial charge in [-0.3, -0.25) is 9.59 Å². The molecule has 2 N–H and O–H groups in total. The molecule has 1 atom stereocenters. The monoisotopic (exact) mass is 354 g/mol. The van der Waals surface area contributed by atoms with E-state index in [1.807, 2.05) is 41.8 Å². The van der Waals surface area contributed by atoms with Crippen LogP contribution in [0.2, 0.25) is 0 Å². The molecule has 0 aliphatic carbocycles. The second-order valence-electron chi connectivity index (χ2n) is 5.49. The van der Waals surface area contributed by atoms with Crippen LogP contribution in [0.15, 0.2) is 70.7 Å². The maximum Gasteiger partial charge on any atom is 0.262 e. The second kappa shape index (κ2) is 8.30. The number of rotatable bonds is 7. The van der Waals surface area contributed by atoms with E-state index in [4.69, 9.17) is 4.42 Å². The number of hydrogen-bond acceptors (Lipinski definition) is 4. The van der Waals surface area contributed by atoms with E-state index in [0.717, 1.165) is 5.56 Å². The first-order valence-electron chi connectivity index (χ1n) is 7.91. The number of carbonyl (C=O) groups is 2. The standard InChI is InChI=1S/C19H18N2O3S/c22-18(20-13-15-8-4-10-24-15)16(12-14-6-2-1-3-7-14)21-19(23)17-9-5-11-25-17/h1-11,16H,12-13H2,(H,20,22)(H,21,23)/t16-/m0/s1. The van der Waals surface area contributed by atoms with Crippen LogP contribution in [0.4, 0.5) is 0 Å². The largest absolute Gasteiger partial charge is 0.467 e. The van der Waals surface area contributed by atoms with Crippen molar-refractivity contribution < 1.29 is 14.0 Å². The molecule has 0 unspecified atom stereocenters. The van der Waals surface area contributed by atoms with E-state index in [-0.39, 0.29) is 18.4 Å². The number of furan rings is 1. The van der Waals surface area contributed by atoms with Gasteiger partial charge >= 0.3 is 0 Å². The Hall–Kier alpha value is -2.86. The van der Waals surface area contributed by atoms with E-state index in [1.165, 1.54) is 11.3 Å². The molecule has 5 nitrogen and oxygen atoms in total. The van der Waals surface area contributed by atoms with Crippen LogP contribution in [0.25, 0.3) is 0 Å². The zero-order valence-corrected chi connectivity index (χ0v) is 14.3. The summed E-state index contributed by atoms with van der Waals surface area (Å²) in [4.78, 5) is 25.5. The lowest BCUT2D eigenvalue weighted by Crippen LogP contribution is -2.47. The van der Waals surface area contributed by atoms with Gasteiger partial charge in [0.15, 0.2) is 0 Å². The van der Waals surface area contributed by atoms with Crippen LogP contribution >= 0.6 is 11.3 Å². The maximum absolute atomic E-state index is 12.6. The molecule has 0 saturated carbocycles. The third-order valence-corrected chi connectivity index (χ3v) is 4.54. The molecule has 3 aromatic rings. The maximum atomic E-state index is 12.6. The van der Waals surface area contributed by atoms with Crippen LogP contribution in [-0.4, -0.2) is 17.9 Å². The molecule has 0 aliphatic rings. The Morgan fingerprint density at radius 2 is 1.88 bits per heavy atom. The van der Waals surface area contributed by atoms with Gasteiger partial charge in [-0.15, -0.1) is 11.3 Å². The minimum Gasteiger partial charge on any atom is -0.467 e. The Labute approximate surface area is 149 Å². The smallest absolute Gasteiger partial charge is 0.262 e. The van der Waals surface area contributed by atoms with E-state index < -0.39 is 6.04 Å². The van der Waals surface area contributed by atoms with Gasteiger partial charge in [0.05, 0.1) is 17.7 Å². The van der Waals surface area contributed by atoms with E-state index >= 15 is 0 Å². The summed E-state index contributed by atoms with van der Waals surface area (Å²) in [7, 11) is 0. The fourth-order valence-corrected chi connectivity index (χ4v) is 3.03. The van der Waals surface area contributed by atoms with Crippen LogP contribution in [0.5, 0.6) is 0 Å². The summed E-state index contributed by atoms with van der Waals surface area (Å²) in [5.41, 5.74) is 0.979. The third-order valence-electron chi connectivity index (χ3n) is 3.67. The van der Waals surface area contributed by atoms with Crippen molar-refractivity contribution in [3.63, 3.8) is 0 Å². The Morgan fingerprint density at radius 1 is 1.04 bits per heavy atom. The molecule has 2 heterocycles. The number of benzene rings is 1. The Balaban J connectivity index is 1.68. The quantitative estimate of drug-likeness (QED) is 0.685. The molecular weight excluding hydrogens is 336 g/mol. The molecule has 128 valence electrons. The highest BCUT2D eigenvalue weighted by molar-refractivity contribution is 7.12. The van der Waals surface area contributed by atoms with Gasteiger partial charge in [0.25, 0.3) is 5.91 Å². The van der Waals surface area contributed by atoms with Gasteiger partial charge in [-0.2, -0.15) is 0 Å². The van der Waals surface area contributed by atoms with Gasteiger partial charge in [-0.1, -0.05) is 36.4 Å². The Kier molecular flexibility index (Phi) is 5.64. The first-order chi connectivity index (χ1) is 12.2. The topological polar surface area (TPSA) is 71.3 Å². The Morgan fingerprint density at radius 3 is 2.56 bits per heavy atom. The van der Waals surface area contributed by atoms with Gasteiger partial charge in [-0.25, -0.2) is 0 Å². The highest BCUT2D eigenvalue weighted by Crippen LogP contribution is 2.10. The van der Waals surface area contributed by atoms with E-state index in [9.17, 15) is 9.59 Å². The summed E-state index contributed by atoms with van der Waals surface area (Å²) in [6, 6.07) is 16.0. The fraction of sp³-hybridized carbons (Fsp3) is 0.158. The predicted molar refractivity (Wildman–Crippen MR) is 96.3 cm³/mol. The minimum atomic E-state index is -0.660. The normalized spacial score (nSPS) is 11.7. The number of nitrogens with one attached hydrogen (secondary N) is 2. The van der Waals surface area contributed by atoms with Gasteiger partial charge in [0, 0.05) is 6.42 Å². The lowest BCUT2D eigenvalue weighted by Gasteiger charge is -2.18. The molecule has 0 fully saturated rings. The molecule has 0 aliphatic heterocycles. The average molecular weight is 354 g/mol. The van der Waals surface area contributed by atoms with Gasteiger partial charge in [0.2, 0.25) is 5.91 Å². The van der Waals surface area contributed by atoms with Gasteiger partial charge < -0.3 is 15.1 Å². The first kappa shape index (κ1) is 17.0. The molecule has 0 saturated heterocycles. The van der Waals surface area contributed by atoms with Crippen LogP contribution in [0.1, 0.15) is 21.0 Å². The summed E-state index contributed by atoms with van der Waals surface area (Å²) < 4.78 is 5.22. The molecular formula is C19H18N2O3S. The predicted octanol–water partition coefficient (Wildman–Crippen LogP) is 3.00. The summed E-state index contributed by atoms with van der Waals surface area (Å²) in [5, 5.41) is 7.47. The van der Waals surface area contributed by atoms with E-state index in [2.05, 4.69) is 10.6 Å². The molecule has 2 amide bonds. The number of thiophene rings is 1. The zero-order valence-electron chi connectivity index (χ0n) is 13.5. The summed E-state index contributed by atoms with van der Waals surface area (Å²) in [6.45, 7) is 0.284. The van der Waals surface area contributed by atoms with Crippen molar-refractivity contribution >= 4 is 23.2 Å². The molecule has 0 bridgehead atoms. The highest BCUT2D eigenvalue weighted by Gasteiger charge is 2.22. The van der Waals surface area contributed by atoms with Crippen molar-refractivity contribution in [3.05, 3.63) is 82.4 Å². The van der Waals surface area contributed by atoms with Gasteiger partial charge in [-0.05, 0) is 29.1 Å². The molecule has 0 spiro atoms. The molecule has 2 aromatic heterocycles. The Bertz CT molecular complexity index is 799. The lowest BCUT2D eigenvalue weighted by molar-refractivity contribution is -0.123. The number of carbonyl (C=O) groups excluding carboxylic acids is 2. The zero-order chi connectivity index (χ0) is 17.5. The molecule has 3 rings (SSSR count). The minimum absolute atomic E-state index is 0.245. The van der Waals surface area contributed by atoms with Crippen LogP contribution in [0, 0.1) is 0 Å². The SMILES string of the molecule is O=C(N[C@@H](Cc1ccccc1)C(=O)NCc1ccco1)c1cccs1. The van der Waals surface area contributed by atoms with Crippen LogP contribution < -0.4 is 10.6 Å². The third kappa shape index (κ3) is 4.81. The van der Waals surface area contributed by atoms with Crippen LogP contribution in [0.3, 0.4) is 0 Å². The van der Waals surface area contributed by atoms with Gasteiger partial charge in [0.1, 0.15) is 11.8 Å². The average Bonchev–Trinajstić information content (AvgIpc) is 3.33. The van der Waals surface area contributed by atoms with E-state index in [0.29, 0.717) is 17.1 Å². The second-order valence-corrected chi connectivity index (χ2v) is 6.44. The van der Waals surface area contributed by atoms with Crippen LogP contribution in [-0.2, 0) is 17.8 Å².